The van der Waals surface area contributed by atoms with E-state index < -0.39 is 27.2 Å². The molecule has 0 saturated carbocycles. The van der Waals surface area contributed by atoms with Crippen LogP contribution in [0.1, 0.15) is 20.8 Å². The minimum atomic E-state index is -3.84. The summed E-state index contributed by atoms with van der Waals surface area (Å²) in [4.78, 5) is 36.4. The Morgan fingerprint density at radius 3 is 2.38 bits per heavy atom. The lowest BCUT2D eigenvalue weighted by Gasteiger charge is -2.08. The van der Waals surface area contributed by atoms with E-state index in [9.17, 15) is 22.8 Å². The Labute approximate surface area is 150 Å². The van der Waals surface area contributed by atoms with E-state index >= 15 is 0 Å². The SMILES string of the molecule is Cc1c(=O)n(Cc2ccc(S(N)(=O)=O)cc2)c(=O)n2cc(C(=O)O)sc12. The van der Waals surface area contributed by atoms with E-state index in [0.29, 0.717) is 5.56 Å². The Hall–Kier alpha value is -2.76. The van der Waals surface area contributed by atoms with Gasteiger partial charge in [0.15, 0.2) is 0 Å². The molecule has 26 heavy (non-hydrogen) atoms. The van der Waals surface area contributed by atoms with E-state index in [2.05, 4.69) is 0 Å². The van der Waals surface area contributed by atoms with Crippen molar-refractivity contribution in [1.29, 1.82) is 0 Å². The van der Waals surface area contributed by atoms with E-state index in [4.69, 9.17) is 10.2 Å². The van der Waals surface area contributed by atoms with Crippen molar-refractivity contribution in [3.63, 3.8) is 0 Å². The third-order valence-electron chi connectivity index (χ3n) is 3.80. The summed E-state index contributed by atoms with van der Waals surface area (Å²) in [7, 11) is -3.84. The molecular weight excluding hydrogens is 382 g/mol. The number of primary sulfonamides is 1. The number of fused-ring (bicyclic) bond motifs is 1. The molecule has 1 aromatic carbocycles. The third kappa shape index (κ3) is 3.07. The van der Waals surface area contributed by atoms with Gasteiger partial charge < -0.3 is 5.11 Å². The van der Waals surface area contributed by atoms with Crippen LogP contribution in [-0.4, -0.2) is 28.5 Å². The van der Waals surface area contributed by atoms with Gasteiger partial charge in [-0.3, -0.25) is 13.8 Å². The average Bonchev–Trinajstić information content (AvgIpc) is 3.02. The van der Waals surface area contributed by atoms with Crippen molar-refractivity contribution in [3.8, 4) is 0 Å². The Morgan fingerprint density at radius 1 is 1.23 bits per heavy atom. The number of carbonyl (C=O) groups is 1. The molecule has 9 nitrogen and oxygen atoms in total. The highest BCUT2D eigenvalue weighted by molar-refractivity contribution is 7.89. The van der Waals surface area contributed by atoms with E-state index in [0.717, 1.165) is 20.3 Å². The number of thiazole rings is 1. The van der Waals surface area contributed by atoms with Gasteiger partial charge in [-0.25, -0.2) is 23.1 Å². The van der Waals surface area contributed by atoms with Gasteiger partial charge in [0.05, 0.1) is 11.4 Å². The first-order chi connectivity index (χ1) is 12.1. The number of aromatic nitrogens is 2. The van der Waals surface area contributed by atoms with Crippen molar-refractivity contribution in [1.82, 2.24) is 8.97 Å². The first-order valence-corrected chi connectivity index (χ1v) is 9.56. The second-order valence-corrected chi connectivity index (χ2v) is 8.16. The lowest BCUT2D eigenvalue weighted by molar-refractivity contribution is 0.0701. The maximum Gasteiger partial charge on any atom is 0.347 e. The molecule has 3 aromatic rings. The first kappa shape index (κ1) is 18.0. The maximum atomic E-state index is 12.6. The zero-order chi connectivity index (χ0) is 19.2. The van der Waals surface area contributed by atoms with Gasteiger partial charge in [-0.1, -0.05) is 12.1 Å². The van der Waals surface area contributed by atoms with Gasteiger partial charge in [0, 0.05) is 11.8 Å². The van der Waals surface area contributed by atoms with Gasteiger partial charge in [-0.2, -0.15) is 0 Å². The monoisotopic (exact) mass is 395 g/mol. The van der Waals surface area contributed by atoms with Crippen molar-refractivity contribution < 1.29 is 18.3 Å². The Balaban J connectivity index is 2.12. The number of nitrogens with two attached hydrogens (primary N) is 1. The van der Waals surface area contributed by atoms with Crippen LogP contribution in [0, 0.1) is 6.92 Å². The highest BCUT2D eigenvalue weighted by Gasteiger charge is 2.17. The van der Waals surface area contributed by atoms with Crippen molar-refractivity contribution in [2.24, 2.45) is 5.14 Å². The van der Waals surface area contributed by atoms with E-state index in [1.54, 1.807) is 0 Å². The van der Waals surface area contributed by atoms with Gasteiger partial charge in [-0.05, 0) is 24.6 Å². The van der Waals surface area contributed by atoms with Gasteiger partial charge in [-0.15, -0.1) is 11.3 Å². The summed E-state index contributed by atoms with van der Waals surface area (Å²) in [6.07, 6.45) is 1.18. The fraction of sp³-hybridized carbons (Fsp3) is 0.133. The minimum Gasteiger partial charge on any atom is -0.477 e. The average molecular weight is 395 g/mol. The molecule has 3 rings (SSSR count). The number of rotatable bonds is 4. The number of aromatic carboxylic acids is 1. The summed E-state index contributed by atoms with van der Waals surface area (Å²) in [5.41, 5.74) is -0.438. The van der Waals surface area contributed by atoms with E-state index in [1.807, 2.05) is 0 Å². The Morgan fingerprint density at radius 2 is 1.85 bits per heavy atom. The molecule has 0 amide bonds. The van der Waals surface area contributed by atoms with Crippen LogP contribution in [0.25, 0.3) is 4.83 Å². The van der Waals surface area contributed by atoms with Gasteiger partial charge in [0.1, 0.15) is 9.71 Å². The molecule has 136 valence electrons. The second-order valence-electron chi connectivity index (χ2n) is 5.56. The second kappa shape index (κ2) is 6.20. The number of sulfonamides is 1. The standard InChI is InChI=1S/C15H13N3O6S2/c1-8-12(19)17(6-9-2-4-10(5-3-9)26(16,23)24)15(22)18-7-11(14(20)21)25-13(8)18/h2-5,7H,6H2,1H3,(H,20,21)(H2,16,23,24). The molecular formula is C15H13N3O6S2. The van der Waals surface area contributed by atoms with Crippen LogP contribution in [-0.2, 0) is 16.6 Å². The molecule has 0 radical (unpaired) electrons. The molecule has 0 aliphatic rings. The lowest BCUT2D eigenvalue weighted by atomic mass is 10.2. The number of nitrogens with zero attached hydrogens (tertiary/aromatic N) is 2. The van der Waals surface area contributed by atoms with Crippen LogP contribution < -0.4 is 16.4 Å². The number of carboxylic acid groups (broad SMARTS) is 1. The van der Waals surface area contributed by atoms with Crippen LogP contribution in [0.4, 0.5) is 0 Å². The molecule has 11 heteroatoms. The zero-order valence-corrected chi connectivity index (χ0v) is 15.0. The van der Waals surface area contributed by atoms with E-state index in [1.165, 1.54) is 37.4 Å². The van der Waals surface area contributed by atoms with Crippen molar-refractivity contribution in [2.75, 3.05) is 0 Å². The predicted molar refractivity (Wildman–Crippen MR) is 94.4 cm³/mol. The fourth-order valence-electron chi connectivity index (χ4n) is 2.47. The van der Waals surface area contributed by atoms with Crippen molar-refractivity contribution >= 4 is 32.2 Å². The van der Waals surface area contributed by atoms with E-state index in [-0.39, 0.29) is 26.7 Å². The van der Waals surface area contributed by atoms with Gasteiger partial charge in [0.25, 0.3) is 5.56 Å². The van der Waals surface area contributed by atoms with Crippen LogP contribution >= 0.6 is 11.3 Å². The minimum absolute atomic E-state index is 0.0557. The molecule has 0 saturated heterocycles. The van der Waals surface area contributed by atoms with Crippen LogP contribution in [0.15, 0.2) is 44.9 Å². The molecule has 0 atom stereocenters. The number of carboxylic acids is 1. The predicted octanol–water partition coefficient (Wildman–Crippen LogP) is 0.225. The molecule has 0 bridgehead atoms. The normalized spacial score (nSPS) is 11.8. The van der Waals surface area contributed by atoms with Crippen LogP contribution in [0.2, 0.25) is 0 Å². The third-order valence-corrected chi connectivity index (χ3v) is 5.92. The summed E-state index contributed by atoms with van der Waals surface area (Å²) in [5, 5.41) is 14.1. The summed E-state index contributed by atoms with van der Waals surface area (Å²) < 4.78 is 24.7. The maximum absolute atomic E-state index is 12.6. The quantitative estimate of drug-likeness (QED) is 0.648. The molecule has 0 spiro atoms. The number of hydrogen-bond acceptors (Lipinski definition) is 6. The van der Waals surface area contributed by atoms with Gasteiger partial charge in [0.2, 0.25) is 10.0 Å². The first-order valence-electron chi connectivity index (χ1n) is 7.20. The van der Waals surface area contributed by atoms with Crippen molar-refractivity contribution in [2.45, 2.75) is 18.4 Å². The molecule has 0 aliphatic carbocycles. The summed E-state index contributed by atoms with van der Waals surface area (Å²) in [6.45, 7) is 1.42. The van der Waals surface area contributed by atoms with Crippen molar-refractivity contribution in [3.05, 3.63) is 67.3 Å². The molecule has 0 unspecified atom stereocenters. The summed E-state index contributed by atoms with van der Waals surface area (Å²) in [5.74, 6) is -1.19. The highest BCUT2D eigenvalue weighted by atomic mass is 32.2. The van der Waals surface area contributed by atoms with Gasteiger partial charge >= 0.3 is 11.7 Å². The highest BCUT2D eigenvalue weighted by Crippen LogP contribution is 2.18. The zero-order valence-electron chi connectivity index (χ0n) is 13.4. The Bertz CT molecular complexity index is 1250. The molecule has 0 aliphatic heterocycles. The largest absolute Gasteiger partial charge is 0.477 e. The number of aryl methyl sites for hydroxylation is 1. The molecule has 3 N–H and O–H groups in total. The van der Waals surface area contributed by atoms with Crippen LogP contribution in [0.5, 0.6) is 0 Å². The molecule has 2 heterocycles. The Kier molecular flexibility index (Phi) is 4.30. The molecule has 2 aromatic heterocycles. The molecule has 0 fully saturated rings. The smallest absolute Gasteiger partial charge is 0.347 e. The summed E-state index contributed by atoms with van der Waals surface area (Å²) >= 11 is 0.850. The fourth-order valence-corrected chi connectivity index (χ4v) is 3.91. The summed E-state index contributed by atoms with van der Waals surface area (Å²) in [6, 6.07) is 5.47. The topological polar surface area (TPSA) is 141 Å². The number of hydrogen-bond donors (Lipinski definition) is 2. The number of benzene rings is 1. The lowest BCUT2D eigenvalue weighted by Crippen LogP contribution is -2.38. The van der Waals surface area contributed by atoms with Crippen LogP contribution in [0.3, 0.4) is 0 Å².